The van der Waals surface area contributed by atoms with Crippen LogP contribution < -0.4 is 0 Å². The molecule has 0 heterocycles. The van der Waals surface area contributed by atoms with Gasteiger partial charge in [-0.05, 0) is 83.5 Å². The summed E-state index contributed by atoms with van der Waals surface area (Å²) in [6.07, 6.45) is 72.2. The molecule has 0 bridgehead atoms. The van der Waals surface area contributed by atoms with Gasteiger partial charge in [0.25, 0.3) is 0 Å². The van der Waals surface area contributed by atoms with Gasteiger partial charge in [-0.25, -0.2) is 0 Å². The SMILES string of the molecule is CC/C=C\C/C=C\C/C=C\CCCCCCCC(=O)OC[C@H](COC(=O)CCCCCCC/C=C\C/C=C\CCCCC)OC(=O)CCCCCCCCCCCCCCCCCCCCCCC. The van der Waals surface area contributed by atoms with Crippen LogP contribution in [0.25, 0.3) is 0 Å². The Labute approximate surface area is 428 Å². The van der Waals surface area contributed by atoms with E-state index in [1.54, 1.807) is 0 Å². The van der Waals surface area contributed by atoms with Crippen molar-refractivity contribution in [3.63, 3.8) is 0 Å². The Balaban J connectivity index is 4.36. The average molecular weight is 966 g/mol. The predicted octanol–water partition coefficient (Wildman–Crippen LogP) is 20.0. The van der Waals surface area contributed by atoms with E-state index >= 15 is 0 Å². The second-order valence-corrected chi connectivity index (χ2v) is 19.9. The van der Waals surface area contributed by atoms with Gasteiger partial charge < -0.3 is 14.2 Å². The van der Waals surface area contributed by atoms with E-state index in [-0.39, 0.29) is 31.1 Å². The maximum atomic E-state index is 12.9. The van der Waals surface area contributed by atoms with Crippen molar-refractivity contribution in [3.8, 4) is 0 Å². The number of ether oxygens (including phenoxy) is 3. The van der Waals surface area contributed by atoms with Gasteiger partial charge in [-0.3, -0.25) is 14.4 Å². The molecule has 1 atom stereocenters. The largest absolute Gasteiger partial charge is 0.462 e. The minimum Gasteiger partial charge on any atom is -0.462 e. The van der Waals surface area contributed by atoms with Crippen molar-refractivity contribution in [2.45, 2.75) is 309 Å². The molecule has 0 aliphatic heterocycles. The molecule has 0 aromatic carbocycles. The molecule has 0 N–H and O–H groups in total. The molecule has 0 amide bonds. The van der Waals surface area contributed by atoms with Gasteiger partial charge in [-0.15, -0.1) is 0 Å². The van der Waals surface area contributed by atoms with E-state index in [1.807, 2.05) is 0 Å². The number of carbonyl (C=O) groups is 3. The Bertz CT molecular complexity index is 1250. The summed E-state index contributed by atoms with van der Waals surface area (Å²) >= 11 is 0. The molecule has 0 saturated heterocycles. The molecule has 0 aromatic heterocycles. The Hall–Kier alpha value is -2.89. The lowest BCUT2D eigenvalue weighted by Gasteiger charge is -2.18. The van der Waals surface area contributed by atoms with Gasteiger partial charge in [0.15, 0.2) is 6.10 Å². The van der Waals surface area contributed by atoms with E-state index in [0.29, 0.717) is 19.3 Å². The maximum Gasteiger partial charge on any atom is 0.306 e. The van der Waals surface area contributed by atoms with Gasteiger partial charge in [-0.1, -0.05) is 261 Å². The van der Waals surface area contributed by atoms with Crippen LogP contribution in [0.1, 0.15) is 303 Å². The quantitative estimate of drug-likeness (QED) is 0.0262. The van der Waals surface area contributed by atoms with Crippen molar-refractivity contribution in [1.82, 2.24) is 0 Å². The average Bonchev–Trinajstić information content (AvgIpc) is 3.35. The summed E-state index contributed by atoms with van der Waals surface area (Å²) in [5.74, 6) is -0.900. The highest BCUT2D eigenvalue weighted by Crippen LogP contribution is 2.17. The van der Waals surface area contributed by atoms with Crippen LogP contribution in [0.2, 0.25) is 0 Å². The molecule has 0 saturated carbocycles. The standard InChI is InChI=1S/C63H112O6/c1-4-7-10-13-16-19-22-25-28-29-30-31-32-33-36-39-42-45-48-51-54-57-63(66)69-60(58-67-61(64)55-52-49-46-43-40-37-34-26-23-20-17-14-11-8-5-2)59-68-62(65)56-53-50-47-44-41-38-35-27-24-21-18-15-12-9-6-3/h8,11,17-18,20-21,26-27,34-35,60H,4-7,9-10,12-16,19,22-25,28-33,36-59H2,1-3H3/b11-8-,20-17-,21-18-,34-26-,35-27-/t60-/m1/s1. The lowest BCUT2D eigenvalue weighted by atomic mass is 10.0. The molecule has 0 aliphatic carbocycles. The topological polar surface area (TPSA) is 78.9 Å². The third kappa shape index (κ3) is 55.9. The first-order valence-electron chi connectivity index (χ1n) is 29.8. The molecule has 6 nitrogen and oxygen atoms in total. The van der Waals surface area contributed by atoms with Crippen LogP contribution in [-0.4, -0.2) is 37.2 Å². The molecule has 400 valence electrons. The molecule has 69 heavy (non-hydrogen) atoms. The monoisotopic (exact) mass is 965 g/mol. The number of esters is 3. The first-order chi connectivity index (χ1) is 34.0. The van der Waals surface area contributed by atoms with Crippen molar-refractivity contribution in [1.29, 1.82) is 0 Å². The van der Waals surface area contributed by atoms with Crippen molar-refractivity contribution in [2.24, 2.45) is 0 Å². The van der Waals surface area contributed by atoms with Crippen molar-refractivity contribution >= 4 is 17.9 Å². The van der Waals surface area contributed by atoms with Crippen molar-refractivity contribution < 1.29 is 28.6 Å². The van der Waals surface area contributed by atoms with Crippen LogP contribution in [0.15, 0.2) is 60.8 Å². The van der Waals surface area contributed by atoms with Gasteiger partial charge >= 0.3 is 17.9 Å². The van der Waals surface area contributed by atoms with E-state index in [4.69, 9.17) is 14.2 Å². The minimum atomic E-state index is -0.786. The van der Waals surface area contributed by atoms with Crippen LogP contribution in [0.3, 0.4) is 0 Å². The third-order valence-electron chi connectivity index (χ3n) is 13.0. The molecule has 0 aliphatic rings. The van der Waals surface area contributed by atoms with Gasteiger partial charge in [0.1, 0.15) is 13.2 Å². The summed E-state index contributed by atoms with van der Waals surface area (Å²) in [5.41, 5.74) is 0. The Morgan fingerprint density at radius 1 is 0.304 bits per heavy atom. The second-order valence-electron chi connectivity index (χ2n) is 19.9. The first kappa shape index (κ1) is 66.1. The maximum absolute atomic E-state index is 12.9. The van der Waals surface area contributed by atoms with Crippen LogP contribution in [-0.2, 0) is 28.6 Å². The second kappa shape index (κ2) is 57.7. The number of hydrogen-bond donors (Lipinski definition) is 0. The first-order valence-corrected chi connectivity index (χ1v) is 29.8. The van der Waals surface area contributed by atoms with E-state index in [1.165, 1.54) is 148 Å². The summed E-state index contributed by atoms with van der Waals surface area (Å²) in [6, 6.07) is 0. The zero-order chi connectivity index (χ0) is 50.0. The van der Waals surface area contributed by atoms with E-state index in [2.05, 4.69) is 81.5 Å². The molecule has 0 unspecified atom stereocenters. The highest BCUT2D eigenvalue weighted by atomic mass is 16.6. The molecule has 0 radical (unpaired) electrons. The number of rotatable bonds is 54. The van der Waals surface area contributed by atoms with Crippen LogP contribution >= 0.6 is 0 Å². The van der Waals surface area contributed by atoms with Crippen molar-refractivity contribution in [3.05, 3.63) is 60.8 Å². The predicted molar refractivity (Wildman–Crippen MR) is 298 cm³/mol. The van der Waals surface area contributed by atoms with Crippen LogP contribution in [0.5, 0.6) is 0 Å². The molecular formula is C63H112O6. The zero-order valence-corrected chi connectivity index (χ0v) is 45.8. The molecule has 0 fully saturated rings. The summed E-state index contributed by atoms with van der Waals surface area (Å²) in [5, 5.41) is 0. The normalized spacial score (nSPS) is 12.4. The smallest absolute Gasteiger partial charge is 0.306 e. The number of hydrogen-bond acceptors (Lipinski definition) is 6. The molecular weight excluding hydrogens is 853 g/mol. The summed E-state index contributed by atoms with van der Waals surface area (Å²) in [7, 11) is 0. The van der Waals surface area contributed by atoms with Crippen molar-refractivity contribution in [2.75, 3.05) is 13.2 Å². The fraction of sp³-hybridized carbons (Fsp3) is 0.794. The molecule has 0 aromatic rings. The zero-order valence-electron chi connectivity index (χ0n) is 45.8. The van der Waals surface area contributed by atoms with E-state index < -0.39 is 6.10 Å². The number of carbonyl (C=O) groups excluding carboxylic acids is 3. The molecule has 0 spiro atoms. The van der Waals surface area contributed by atoms with E-state index in [9.17, 15) is 14.4 Å². The lowest BCUT2D eigenvalue weighted by Crippen LogP contribution is -2.30. The molecule has 6 heteroatoms. The van der Waals surface area contributed by atoms with Crippen LogP contribution in [0, 0.1) is 0 Å². The minimum absolute atomic E-state index is 0.0849. The fourth-order valence-corrected chi connectivity index (χ4v) is 8.55. The summed E-state index contributed by atoms with van der Waals surface area (Å²) < 4.78 is 16.9. The van der Waals surface area contributed by atoms with Crippen LogP contribution in [0.4, 0.5) is 0 Å². The lowest BCUT2D eigenvalue weighted by molar-refractivity contribution is -0.167. The fourth-order valence-electron chi connectivity index (χ4n) is 8.55. The van der Waals surface area contributed by atoms with Gasteiger partial charge in [0, 0.05) is 19.3 Å². The summed E-state index contributed by atoms with van der Waals surface area (Å²) in [4.78, 5) is 38.2. The Morgan fingerprint density at radius 3 is 0.913 bits per heavy atom. The highest BCUT2D eigenvalue weighted by molar-refractivity contribution is 5.71. The molecule has 0 rings (SSSR count). The van der Waals surface area contributed by atoms with Gasteiger partial charge in [0.2, 0.25) is 0 Å². The van der Waals surface area contributed by atoms with Gasteiger partial charge in [-0.2, -0.15) is 0 Å². The number of allylic oxidation sites excluding steroid dienone is 10. The van der Waals surface area contributed by atoms with E-state index in [0.717, 1.165) is 116 Å². The Morgan fingerprint density at radius 2 is 0.565 bits per heavy atom. The third-order valence-corrected chi connectivity index (χ3v) is 13.0. The highest BCUT2D eigenvalue weighted by Gasteiger charge is 2.19. The van der Waals surface area contributed by atoms with Gasteiger partial charge in [0.05, 0.1) is 0 Å². The Kier molecular flexibility index (Phi) is 55.3. The summed E-state index contributed by atoms with van der Waals surface area (Å²) in [6.45, 7) is 6.51. The number of unbranched alkanes of at least 4 members (excludes halogenated alkanes) is 33.